The van der Waals surface area contributed by atoms with E-state index >= 15 is 0 Å². The maximum absolute atomic E-state index is 14.1. The molecule has 0 saturated heterocycles. The number of carbonyl (C=O) groups excluding carboxylic acids is 2. The molecule has 1 fully saturated rings. The molecule has 2 amide bonds. The highest BCUT2D eigenvalue weighted by Gasteiger charge is 2.32. The number of sulfonamides is 1. The van der Waals surface area contributed by atoms with Gasteiger partial charge in [-0.25, -0.2) is 8.42 Å². The molecule has 0 heterocycles. The van der Waals surface area contributed by atoms with Crippen molar-refractivity contribution in [1.82, 2.24) is 10.2 Å². The highest BCUT2D eigenvalue weighted by Crippen LogP contribution is 2.26. The molecular formula is C34H41Cl2N3O4S. The number of halogens is 2. The molecule has 10 heteroatoms. The van der Waals surface area contributed by atoms with Crippen LogP contribution in [0.1, 0.15) is 60.8 Å². The minimum atomic E-state index is -3.60. The van der Waals surface area contributed by atoms with Crippen molar-refractivity contribution in [1.29, 1.82) is 0 Å². The van der Waals surface area contributed by atoms with Gasteiger partial charge in [0.2, 0.25) is 21.8 Å². The molecule has 0 bridgehead atoms. The van der Waals surface area contributed by atoms with Crippen molar-refractivity contribution >= 4 is 50.7 Å². The van der Waals surface area contributed by atoms with Crippen LogP contribution in [0, 0.1) is 13.8 Å². The Labute approximate surface area is 271 Å². The van der Waals surface area contributed by atoms with E-state index in [1.165, 1.54) is 10.6 Å². The van der Waals surface area contributed by atoms with Crippen LogP contribution < -0.4 is 9.62 Å². The van der Waals surface area contributed by atoms with E-state index in [1.54, 1.807) is 23.1 Å². The fraction of sp³-hybridized carbons (Fsp3) is 0.412. The van der Waals surface area contributed by atoms with Crippen molar-refractivity contribution in [3.63, 3.8) is 0 Å². The number of amides is 2. The number of rotatable bonds is 13. The van der Waals surface area contributed by atoms with Gasteiger partial charge in [0, 0.05) is 42.0 Å². The Kier molecular flexibility index (Phi) is 11.7. The minimum Gasteiger partial charge on any atom is -0.352 e. The van der Waals surface area contributed by atoms with Gasteiger partial charge in [-0.15, -0.1) is 0 Å². The summed E-state index contributed by atoms with van der Waals surface area (Å²) in [6, 6.07) is 19.7. The molecule has 0 aliphatic heterocycles. The number of hydrogen-bond acceptors (Lipinski definition) is 4. The Morgan fingerprint density at radius 1 is 0.955 bits per heavy atom. The molecule has 1 N–H and O–H groups in total. The summed E-state index contributed by atoms with van der Waals surface area (Å²) in [5, 5.41) is 4.08. The zero-order chi connectivity index (χ0) is 31.9. The molecule has 1 aliphatic rings. The third-order valence-electron chi connectivity index (χ3n) is 7.98. The average Bonchev–Trinajstić information content (AvgIpc) is 3.46. The van der Waals surface area contributed by atoms with Crippen molar-refractivity contribution < 1.29 is 18.0 Å². The van der Waals surface area contributed by atoms with E-state index in [0.29, 0.717) is 27.7 Å². The van der Waals surface area contributed by atoms with Crippen molar-refractivity contribution in [3.8, 4) is 0 Å². The minimum absolute atomic E-state index is 0.0457. The first-order chi connectivity index (χ1) is 20.9. The zero-order valence-electron chi connectivity index (χ0n) is 25.6. The average molecular weight is 659 g/mol. The van der Waals surface area contributed by atoms with Gasteiger partial charge in [0.15, 0.2) is 0 Å². The third-order valence-corrected chi connectivity index (χ3v) is 9.76. The number of carbonyl (C=O) groups is 2. The number of nitrogens with zero attached hydrogens (tertiary/aromatic N) is 2. The first-order valence-corrected chi connectivity index (χ1v) is 17.6. The molecule has 1 atom stereocenters. The van der Waals surface area contributed by atoms with Gasteiger partial charge < -0.3 is 10.2 Å². The predicted molar refractivity (Wildman–Crippen MR) is 179 cm³/mol. The van der Waals surface area contributed by atoms with Crippen LogP contribution in [0.4, 0.5) is 5.69 Å². The fourth-order valence-electron chi connectivity index (χ4n) is 5.85. The van der Waals surface area contributed by atoms with Crippen molar-refractivity contribution in [2.24, 2.45) is 0 Å². The molecule has 3 aromatic carbocycles. The second-order valence-electron chi connectivity index (χ2n) is 11.7. The van der Waals surface area contributed by atoms with E-state index in [4.69, 9.17) is 23.2 Å². The van der Waals surface area contributed by atoms with Crippen LogP contribution in [0.15, 0.2) is 66.7 Å². The van der Waals surface area contributed by atoms with Gasteiger partial charge in [-0.2, -0.15) is 0 Å². The van der Waals surface area contributed by atoms with Gasteiger partial charge in [0.1, 0.15) is 6.04 Å². The van der Waals surface area contributed by atoms with E-state index in [1.807, 2.05) is 62.4 Å². The molecule has 0 aromatic heterocycles. The lowest BCUT2D eigenvalue weighted by atomic mass is 10.0. The molecule has 0 spiro atoms. The summed E-state index contributed by atoms with van der Waals surface area (Å²) < 4.78 is 26.9. The molecule has 1 saturated carbocycles. The van der Waals surface area contributed by atoms with Gasteiger partial charge in [-0.3, -0.25) is 13.9 Å². The third kappa shape index (κ3) is 9.46. The monoisotopic (exact) mass is 657 g/mol. The summed E-state index contributed by atoms with van der Waals surface area (Å²) in [6.45, 7) is 4.07. The SMILES string of the molecule is Cc1cc(C)cc(N(CCCC(=O)N(Cc2ccc(Cl)cc2Cl)[C@H](Cc2ccccc2)C(=O)NC2CCCC2)S(C)(=O)=O)c1. The van der Waals surface area contributed by atoms with Crippen LogP contribution in [0.5, 0.6) is 0 Å². The first kappa shape index (κ1) is 33.8. The smallest absolute Gasteiger partial charge is 0.243 e. The van der Waals surface area contributed by atoms with E-state index in [0.717, 1.165) is 42.4 Å². The fourth-order valence-corrected chi connectivity index (χ4v) is 7.27. The van der Waals surface area contributed by atoms with Gasteiger partial charge in [-0.05, 0) is 79.6 Å². The Morgan fingerprint density at radius 3 is 2.23 bits per heavy atom. The second kappa shape index (κ2) is 15.3. The zero-order valence-corrected chi connectivity index (χ0v) is 27.9. The van der Waals surface area contributed by atoms with Gasteiger partial charge in [0.05, 0.1) is 11.9 Å². The van der Waals surface area contributed by atoms with Gasteiger partial charge in [0.25, 0.3) is 0 Å². The molecule has 44 heavy (non-hydrogen) atoms. The second-order valence-corrected chi connectivity index (χ2v) is 14.5. The van der Waals surface area contributed by atoms with Crippen LogP contribution in [-0.2, 0) is 32.6 Å². The van der Waals surface area contributed by atoms with Gasteiger partial charge in [-0.1, -0.05) is 78.5 Å². The summed E-state index contributed by atoms with van der Waals surface area (Å²) in [5.41, 5.74) is 4.07. The van der Waals surface area contributed by atoms with Crippen molar-refractivity contribution in [2.75, 3.05) is 17.1 Å². The number of benzene rings is 3. The Balaban J connectivity index is 1.62. The largest absolute Gasteiger partial charge is 0.352 e. The summed E-state index contributed by atoms with van der Waals surface area (Å²) in [4.78, 5) is 29.6. The maximum Gasteiger partial charge on any atom is 0.243 e. The van der Waals surface area contributed by atoms with E-state index in [2.05, 4.69) is 5.32 Å². The molecule has 0 radical (unpaired) electrons. The van der Waals surface area contributed by atoms with Crippen LogP contribution in [-0.4, -0.2) is 50.0 Å². The van der Waals surface area contributed by atoms with Crippen molar-refractivity contribution in [2.45, 2.75) is 77.4 Å². The number of aryl methyl sites for hydroxylation is 2. The Hall–Kier alpha value is -3.07. The Bertz CT molecular complexity index is 1540. The van der Waals surface area contributed by atoms with Crippen LogP contribution in [0.2, 0.25) is 10.0 Å². The molecule has 1 aliphatic carbocycles. The lowest BCUT2D eigenvalue weighted by molar-refractivity contribution is -0.141. The van der Waals surface area contributed by atoms with Crippen LogP contribution in [0.3, 0.4) is 0 Å². The normalized spacial score (nSPS) is 14.3. The van der Waals surface area contributed by atoms with E-state index in [-0.39, 0.29) is 43.8 Å². The van der Waals surface area contributed by atoms with Crippen LogP contribution in [0.25, 0.3) is 0 Å². The highest BCUT2D eigenvalue weighted by atomic mass is 35.5. The predicted octanol–water partition coefficient (Wildman–Crippen LogP) is 6.86. The highest BCUT2D eigenvalue weighted by molar-refractivity contribution is 7.92. The molecular weight excluding hydrogens is 617 g/mol. The number of hydrogen-bond donors (Lipinski definition) is 1. The van der Waals surface area contributed by atoms with Crippen molar-refractivity contribution in [3.05, 3.63) is 99.0 Å². The summed E-state index contributed by atoms with van der Waals surface area (Å²) >= 11 is 12.7. The lowest BCUT2D eigenvalue weighted by Crippen LogP contribution is -2.52. The topological polar surface area (TPSA) is 86.8 Å². The summed E-state index contributed by atoms with van der Waals surface area (Å²) in [5.74, 6) is -0.459. The molecule has 7 nitrogen and oxygen atoms in total. The Morgan fingerprint density at radius 2 is 1.61 bits per heavy atom. The standard InChI is InChI=1S/C34H41Cl2N3O4S/c1-24-18-25(2)20-30(19-24)39(44(3,42)43)17-9-14-33(40)38(23-27-15-16-28(35)22-31(27)36)32(21-26-10-5-4-6-11-26)34(41)37-29-12-7-8-13-29/h4-6,10-11,15-16,18-20,22,29,32H,7-9,12-14,17,21,23H2,1-3H3,(H,37,41)/t32-/m1/s1. The lowest BCUT2D eigenvalue weighted by Gasteiger charge is -2.33. The van der Waals surface area contributed by atoms with Gasteiger partial charge >= 0.3 is 0 Å². The number of nitrogens with one attached hydrogen (secondary N) is 1. The summed E-state index contributed by atoms with van der Waals surface area (Å²) in [7, 11) is -3.60. The van der Waals surface area contributed by atoms with Crippen LogP contribution >= 0.6 is 23.2 Å². The first-order valence-electron chi connectivity index (χ1n) is 15.0. The number of anilines is 1. The van der Waals surface area contributed by atoms with E-state index < -0.39 is 16.1 Å². The molecule has 236 valence electrons. The summed E-state index contributed by atoms with van der Waals surface area (Å²) in [6.07, 6.45) is 5.78. The quantitative estimate of drug-likeness (QED) is 0.218. The molecule has 0 unspecified atom stereocenters. The maximum atomic E-state index is 14.1. The van der Waals surface area contributed by atoms with E-state index in [9.17, 15) is 18.0 Å². The molecule has 3 aromatic rings. The molecule has 4 rings (SSSR count).